The van der Waals surface area contributed by atoms with E-state index in [0.717, 1.165) is 18.5 Å². The second kappa shape index (κ2) is 4.96. The first-order valence-corrected chi connectivity index (χ1v) is 6.45. The van der Waals surface area contributed by atoms with Crippen molar-refractivity contribution in [2.75, 3.05) is 0 Å². The zero-order valence-corrected chi connectivity index (χ0v) is 10.9. The molecule has 0 radical (unpaired) electrons. The zero-order chi connectivity index (χ0) is 13.3. The molecule has 0 spiro atoms. The number of rotatable bonds is 3. The molecule has 0 atom stereocenters. The van der Waals surface area contributed by atoms with Crippen LogP contribution in [0.2, 0.25) is 0 Å². The van der Waals surface area contributed by atoms with Gasteiger partial charge in [-0.3, -0.25) is 4.79 Å². The Kier molecular flexibility index (Phi) is 3.55. The number of carboxylic acid groups (broad SMARTS) is 1. The molecule has 1 aliphatic rings. The lowest BCUT2D eigenvalue weighted by atomic mass is 10.1. The number of aromatic nitrogens is 1. The monoisotopic (exact) mass is 249 g/mol. The Morgan fingerprint density at radius 3 is 2.56 bits per heavy atom. The number of pyridine rings is 1. The molecule has 18 heavy (non-hydrogen) atoms. The second-order valence-electron chi connectivity index (χ2n) is 5.22. The van der Waals surface area contributed by atoms with Crippen LogP contribution in [0.25, 0.3) is 0 Å². The Balaban J connectivity index is 2.43. The largest absolute Gasteiger partial charge is 0.477 e. The van der Waals surface area contributed by atoms with Crippen LogP contribution in [0.5, 0.6) is 0 Å². The molecule has 0 aromatic carbocycles. The standard InChI is InChI=1S/C14H19NO3/c1-9-7-10(2)15(8-11-5-3-4-6-11)13(16)12(9)14(17)18/h7,11H,3-6,8H2,1-2H3,(H,17,18). The van der Waals surface area contributed by atoms with Gasteiger partial charge in [-0.15, -0.1) is 0 Å². The summed E-state index contributed by atoms with van der Waals surface area (Å²) in [4.78, 5) is 23.4. The van der Waals surface area contributed by atoms with E-state index in [0.29, 0.717) is 18.0 Å². The highest BCUT2D eigenvalue weighted by molar-refractivity contribution is 5.88. The lowest BCUT2D eigenvalue weighted by Crippen LogP contribution is -2.31. The summed E-state index contributed by atoms with van der Waals surface area (Å²) in [5, 5.41) is 9.11. The first-order valence-electron chi connectivity index (χ1n) is 6.45. The number of carbonyl (C=O) groups is 1. The van der Waals surface area contributed by atoms with Gasteiger partial charge in [-0.2, -0.15) is 0 Å². The van der Waals surface area contributed by atoms with Crippen molar-refractivity contribution in [1.82, 2.24) is 4.57 Å². The predicted octanol–water partition coefficient (Wildman–Crippen LogP) is 2.35. The highest BCUT2D eigenvalue weighted by Gasteiger charge is 2.20. The highest BCUT2D eigenvalue weighted by atomic mass is 16.4. The Hall–Kier alpha value is -1.58. The van der Waals surface area contributed by atoms with E-state index in [2.05, 4.69) is 0 Å². The fourth-order valence-corrected chi connectivity index (χ4v) is 2.87. The normalized spacial score (nSPS) is 16.1. The molecular weight excluding hydrogens is 230 g/mol. The maximum atomic E-state index is 12.2. The van der Waals surface area contributed by atoms with Crippen molar-refractivity contribution in [3.63, 3.8) is 0 Å². The summed E-state index contributed by atoms with van der Waals surface area (Å²) in [6.45, 7) is 4.21. The lowest BCUT2D eigenvalue weighted by molar-refractivity contribution is 0.0693. The molecule has 0 unspecified atom stereocenters. The molecule has 0 bridgehead atoms. The average Bonchev–Trinajstić information content (AvgIpc) is 2.75. The van der Waals surface area contributed by atoms with E-state index in [1.165, 1.54) is 12.8 Å². The van der Waals surface area contributed by atoms with Crippen LogP contribution in [-0.2, 0) is 6.54 Å². The molecule has 98 valence electrons. The molecule has 1 aliphatic carbocycles. The maximum Gasteiger partial charge on any atom is 0.341 e. The molecule has 1 heterocycles. The van der Waals surface area contributed by atoms with Gasteiger partial charge in [-0.25, -0.2) is 4.79 Å². The Morgan fingerprint density at radius 1 is 1.39 bits per heavy atom. The van der Waals surface area contributed by atoms with Gasteiger partial charge in [0.05, 0.1) is 0 Å². The number of hydrogen-bond donors (Lipinski definition) is 1. The Labute approximate surface area is 106 Å². The molecule has 1 N–H and O–H groups in total. The van der Waals surface area contributed by atoms with Crippen LogP contribution >= 0.6 is 0 Å². The molecule has 0 saturated heterocycles. The van der Waals surface area contributed by atoms with Crippen LogP contribution < -0.4 is 5.56 Å². The topological polar surface area (TPSA) is 59.3 Å². The summed E-state index contributed by atoms with van der Waals surface area (Å²) in [6.07, 6.45) is 4.72. The van der Waals surface area contributed by atoms with Crippen molar-refractivity contribution >= 4 is 5.97 Å². The summed E-state index contributed by atoms with van der Waals surface area (Å²) in [5.74, 6) is -0.608. The minimum absolute atomic E-state index is 0.0846. The van der Waals surface area contributed by atoms with Gasteiger partial charge < -0.3 is 9.67 Å². The number of carboxylic acids is 1. The minimum atomic E-state index is -1.13. The van der Waals surface area contributed by atoms with Crippen LogP contribution in [0.15, 0.2) is 10.9 Å². The fourth-order valence-electron chi connectivity index (χ4n) is 2.87. The molecule has 1 aromatic heterocycles. The zero-order valence-electron chi connectivity index (χ0n) is 10.9. The van der Waals surface area contributed by atoms with Gasteiger partial charge in [-0.1, -0.05) is 12.8 Å². The molecule has 1 saturated carbocycles. The number of aryl methyl sites for hydroxylation is 2. The Bertz CT molecular complexity index is 525. The van der Waals surface area contributed by atoms with Crippen LogP contribution in [0.4, 0.5) is 0 Å². The first kappa shape index (κ1) is 12.9. The van der Waals surface area contributed by atoms with E-state index in [1.807, 2.05) is 6.92 Å². The summed E-state index contributed by atoms with van der Waals surface area (Å²) in [5.41, 5.74) is 0.965. The van der Waals surface area contributed by atoms with Gasteiger partial charge in [0.1, 0.15) is 5.56 Å². The van der Waals surface area contributed by atoms with Gasteiger partial charge in [-0.05, 0) is 44.2 Å². The van der Waals surface area contributed by atoms with Gasteiger partial charge in [0.2, 0.25) is 0 Å². The summed E-state index contributed by atoms with van der Waals surface area (Å²) in [6, 6.07) is 1.79. The smallest absolute Gasteiger partial charge is 0.341 e. The summed E-state index contributed by atoms with van der Waals surface area (Å²) in [7, 11) is 0. The minimum Gasteiger partial charge on any atom is -0.477 e. The molecule has 1 fully saturated rings. The molecule has 1 aromatic rings. The van der Waals surface area contributed by atoms with Gasteiger partial charge in [0.15, 0.2) is 0 Å². The van der Waals surface area contributed by atoms with E-state index in [4.69, 9.17) is 5.11 Å². The SMILES string of the molecule is Cc1cc(C)n(CC2CCCC2)c(=O)c1C(=O)O. The van der Waals surface area contributed by atoms with Gasteiger partial charge >= 0.3 is 5.97 Å². The molecule has 0 aliphatic heterocycles. The van der Waals surface area contributed by atoms with Crippen molar-refractivity contribution < 1.29 is 9.90 Å². The van der Waals surface area contributed by atoms with Crippen molar-refractivity contribution in [2.24, 2.45) is 5.92 Å². The predicted molar refractivity (Wildman–Crippen MR) is 69.1 cm³/mol. The van der Waals surface area contributed by atoms with Crippen molar-refractivity contribution in [2.45, 2.75) is 46.1 Å². The summed E-state index contributed by atoms with van der Waals surface area (Å²) < 4.78 is 1.63. The third kappa shape index (κ3) is 2.33. The molecular formula is C14H19NO3. The van der Waals surface area contributed by atoms with Crippen molar-refractivity contribution in [3.05, 3.63) is 33.2 Å². The number of nitrogens with zero attached hydrogens (tertiary/aromatic N) is 1. The quantitative estimate of drug-likeness (QED) is 0.894. The fraction of sp³-hybridized carbons (Fsp3) is 0.571. The molecule has 4 nitrogen and oxygen atoms in total. The molecule has 2 rings (SSSR count). The van der Waals surface area contributed by atoms with Crippen LogP contribution in [0.3, 0.4) is 0 Å². The van der Waals surface area contributed by atoms with E-state index in [9.17, 15) is 9.59 Å². The number of aromatic carboxylic acids is 1. The van der Waals surface area contributed by atoms with E-state index in [1.54, 1.807) is 17.6 Å². The maximum absolute atomic E-state index is 12.2. The third-order valence-electron chi connectivity index (χ3n) is 3.83. The third-order valence-corrected chi connectivity index (χ3v) is 3.83. The van der Waals surface area contributed by atoms with Gasteiger partial charge in [0.25, 0.3) is 5.56 Å². The van der Waals surface area contributed by atoms with Crippen LogP contribution in [0, 0.1) is 19.8 Å². The molecule has 0 amide bonds. The van der Waals surface area contributed by atoms with E-state index in [-0.39, 0.29) is 11.1 Å². The van der Waals surface area contributed by atoms with Crippen LogP contribution in [-0.4, -0.2) is 15.6 Å². The van der Waals surface area contributed by atoms with E-state index < -0.39 is 5.97 Å². The average molecular weight is 249 g/mol. The molecule has 4 heteroatoms. The summed E-state index contributed by atoms with van der Waals surface area (Å²) >= 11 is 0. The lowest BCUT2D eigenvalue weighted by Gasteiger charge is -2.16. The van der Waals surface area contributed by atoms with Crippen molar-refractivity contribution in [3.8, 4) is 0 Å². The van der Waals surface area contributed by atoms with Gasteiger partial charge in [0, 0.05) is 12.2 Å². The van der Waals surface area contributed by atoms with E-state index >= 15 is 0 Å². The Morgan fingerprint density at radius 2 is 2.00 bits per heavy atom. The van der Waals surface area contributed by atoms with Crippen molar-refractivity contribution in [1.29, 1.82) is 0 Å². The number of hydrogen-bond acceptors (Lipinski definition) is 2. The first-order chi connectivity index (χ1) is 8.50. The van der Waals surface area contributed by atoms with Crippen LogP contribution in [0.1, 0.15) is 47.3 Å². The highest BCUT2D eigenvalue weighted by Crippen LogP contribution is 2.26. The second-order valence-corrected chi connectivity index (χ2v) is 5.22.